The summed E-state index contributed by atoms with van der Waals surface area (Å²) >= 11 is 0. The molecule has 0 aliphatic heterocycles. The number of hydrogen-bond donors (Lipinski definition) is 0. The Morgan fingerprint density at radius 1 is 1.12 bits per heavy atom. The summed E-state index contributed by atoms with van der Waals surface area (Å²) in [6.07, 6.45) is 4.00. The van der Waals surface area contributed by atoms with Gasteiger partial charge in [-0.05, 0) is 26.9 Å². The Bertz CT molecular complexity index is 229. The topological polar surface area (TPSA) is 46.6 Å². The molecule has 0 amide bonds. The van der Waals surface area contributed by atoms with E-state index in [1.54, 1.807) is 6.92 Å². The molecule has 0 unspecified atom stereocenters. The second-order valence-electron chi connectivity index (χ2n) is 4.29. The largest absolute Gasteiger partial charge is 0.466 e. The van der Waals surface area contributed by atoms with E-state index in [-0.39, 0.29) is 24.6 Å². The Kier molecular flexibility index (Phi) is 9.72. The van der Waals surface area contributed by atoms with Crippen molar-refractivity contribution in [1.29, 1.82) is 0 Å². The van der Waals surface area contributed by atoms with Crippen LogP contribution in [0.3, 0.4) is 0 Å². The molecule has 0 atom stereocenters. The SMILES string of the molecule is CCCCCN(C)CC(=O)CCC(=O)OCC. The van der Waals surface area contributed by atoms with Gasteiger partial charge in [-0.2, -0.15) is 0 Å². The fourth-order valence-electron chi connectivity index (χ4n) is 1.57. The molecular formula is C13H25NO3. The zero-order valence-corrected chi connectivity index (χ0v) is 11.3. The van der Waals surface area contributed by atoms with E-state index >= 15 is 0 Å². The molecule has 4 nitrogen and oxygen atoms in total. The van der Waals surface area contributed by atoms with E-state index in [1.165, 1.54) is 12.8 Å². The molecule has 0 bridgehead atoms. The number of unbranched alkanes of at least 4 members (excludes halogenated alkanes) is 2. The van der Waals surface area contributed by atoms with Gasteiger partial charge in [0.1, 0.15) is 5.78 Å². The number of esters is 1. The molecule has 0 heterocycles. The highest BCUT2D eigenvalue weighted by molar-refractivity contribution is 5.84. The Morgan fingerprint density at radius 3 is 2.41 bits per heavy atom. The number of nitrogens with zero attached hydrogens (tertiary/aromatic N) is 1. The molecule has 0 N–H and O–H groups in total. The van der Waals surface area contributed by atoms with Crippen LogP contribution < -0.4 is 0 Å². The average molecular weight is 243 g/mol. The maximum atomic E-state index is 11.5. The molecule has 0 aliphatic carbocycles. The Hall–Kier alpha value is -0.900. The lowest BCUT2D eigenvalue weighted by Crippen LogP contribution is -2.27. The lowest BCUT2D eigenvalue weighted by Gasteiger charge is -2.15. The molecule has 0 radical (unpaired) electrons. The van der Waals surface area contributed by atoms with E-state index in [9.17, 15) is 9.59 Å². The van der Waals surface area contributed by atoms with Gasteiger partial charge >= 0.3 is 5.97 Å². The highest BCUT2D eigenvalue weighted by Crippen LogP contribution is 1.99. The number of carbonyl (C=O) groups is 2. The molecule has 0 rings (SSSR count). The van der Waals surface area contributed by atoms with Gasteiger partial charge in [0, 0.05) is 6.42 Å². The zero-order valence-electron chi connectivity index (χ0n) is 11.3. The van der Waals surface area contributed by atoms with E-state index < -0.39 is 0 Å². The van der Waals surface area contributed by atoms with E-state index in [0.717, 1.165) is 13.0 Å². The first kappa shape index (κ1) is 16.1. The molecule has 0 aromatic carbocycles. The normalized spacial score (nSPS) is 10.6. The lowest BCUT2D eigenvalue weighted by atomic mass is 10.2. The minimum absolute atomic E-state index is 0.108. The van der Waals surface area contributed by atoms with Gasteiger partial charge in [-0.15, -0.1) is 0 Å². The van der Waals surface area contributed by atoms with Gasteiger partial charge in [-0.3, -0.25) is 14.5 Å². The fraction of sp³-hybridized carbons (Fsp3) is 0.846. The third-order valence-electron chi connectivity index (χ3n) is 2.50. The third-order valence-corrected chi connectivity index (χ3v) is 2.50. The molecule has 0 spiro atoms. The molecule has 4 heteroatoms. The summed E-state index contributed by atoms with van der Waals surface area (Å²) < 4.78 is 4.77. The van der Waals surface area contributed by atoms with Gasteiger partial charge in [0.2, 0.25) is 0 Å². The molecule has 0 saturated carbocycles. The second-order valence-corrected chi connectivity index (χ2v) is 4.29. The van der Waals surface area contributed by atoms with Crippen LogP contribution in [0.5, 0.6) is 0 Å². The standard InChI is InChI=1S/C13H25NO3/c1-4-6-7-10-14(3)11-12(15)8-9-13(16)17-5-2/h4-11H2,1-3H3. The van der Waals surface area contributed by atoms with Gasteiger partial charge in [0.15, 0.2) is 0 Å². The van der Waals surface area contributed by atoms with Crippen LogP contribution >= 0.6 is 0 Å². The van der Waals surface area contributed by atoms with Crippen LogP contribution in [0.2, 0.25) is 0 Å². The number of ketones is 1. The first-order valence-electron chi connectivity index (χ1n) is 6.46. The van der Waals surface area contributed by atoms with Crippen LogP contribution in [-0.2, 0) is 14.3 Å². The average Bonchev–Trinajstić information content (AvgIpc) is 2.27. The molecule has 0 aliphatic rings. The van der Waals surface area contributed by atoms with Gasteiger partial charge in [0.25, 0.3) is 0 Å². The predicted molar refractivity (Wildman–Crippen MR) is 67.9 cm³/mol. The summed E-state index contributed by atoms with van der Waals surface area (Å²) in [4.78, 5) is 24.6. The van der Waals surface area contributed by atoms with Crippen molar-refractivity contribution in [1.82, 2.24) is 4.90 Å². The molecular weight excluding hydrogens is 218 g/mol. The van der Waals surface area contributed by atoms with Crippen molar-refractivity contribution in [3.8, 4) is 0 Å². The minimum Gasteiger partial charge on any atom is -0.466 e. The number of hydrogen-bond acceptors (Lipinski definition) is 4. The summed E-state index contributed by atoms with van der Waals surface area (Å²) in [6, 6.07) is 0. The Labute approximate surface area is 104 Å². The van der Waals surface area contributed by atoms with Crippen molar-refractivity contribution in [2.24, 2.45) is 0 Å². The molecule has 0 fully saturated rings. The third kappa shape index (κ3) is 10.00. The van der Waals surface area contributed by atoms with E-state index in [0.29, 0.717) is 13.2 Å². The molecule has 0 saturated heterocycles. The van der Waals surface area contributed by atoms with Gasteiger partial charge in [0.05, 0.1) is 19.6 Å². The quantitative estimate of drug-likeness (QED) is 0.435. The predicted octanol–water partition coefficient (Wildman–Crippen LogP) is 2.02. The maximum Gasteiger partial charge on any atom is 0.306 e. The van der Waals surface area contributed by atoms with Gasteiger partial charge in [-0.25, -0.2) is 0 Å². The van der Waals surface area contributed by atoms with E-state index in [2.05, 4.69) is 6.92 Å². The second kappa shape index (κ2) is 10.3. The maximum absolute atomic E-state index is 11.5. The zero-order chi connectivity index (χ0) is 13.1. The number of carbonyl (C=O) groups excluding carboxylic acids is 2. The Balaban J connectivity index is 3.60. The summed E-state index contributed by atoms with van der Waals surface area (Å²) in [7, 11) is 1.94. The monoisotopic (exact) mass is 243 g/mol. The number of ether oxygens (including phenoxy) is 1. The highest BCUT2D eigenvalue weighted by atomic mass is 16.5. The minimum atomic E-state index is -0.283. The van der Waals surface area contributed by atoms with Crippen molar-refractivity contribution in [2.45, 2.75) is 46.0 Å². The van der Waals surface area contributed by atoms with E-state index in [4.69, 9.17) is 4.74 Å². The van der Waals surface area contributed by atoms with Crippen LogP contribution in [-0.4, -0.2) is 43.4 Å². The first-order chi connectivity index (χ1) is 8.10. The first-order valence-corrected chi connectivity index (χ1v) is 6.46. The number of likely N-dealkylation sites (N-methyl/N-ethyl adjacent to an activating group) is 1. The van der Waals surface area contributed by atoms with Crippen molar-refractivity contribution < 1.29 is 14.3 Å². The fourth-order valence-corrected chi connectivity index (χ4v) is 1.57. The van der Waals surface area contributed by atoms with Crippen LogP contribution in [0.25, 0.3) is 0 Å². The Morgan fingerprint density at radius 2 is 1.82 bits per heavy atom. The van der Waals surface area contributed by atoms with Crippen molar-refractivity contribution in [2.75, 3.05) is 26.7 Å². The molecule has 100 valence electrons. The number of rotatable bonds is 10. The lowest BCUT2D eigenvalue weighted by molar-refractivity contribution is -0.144. The molecule has 0 aromatic heterocycles. The van der Waals surface area contributed by atoms with Crippen LogP contribution in [0.15, 0.2) is 0 Å². The van der Waals surface area contributed by atoms with Crippen LogP contribution in [0, 0.1) is 0 Å². The van der Waals surface area contributed by atoms with Crippen molar-refractivity contribution in [3.05, 3.63) is 0 Å². The van der Waals surface area contributed by atoms with Crippen LogP contribution in [0.1, 0.15) is 46.0 Å². The number of Topliss-reactive ketones (excluding diaryl/α,β-unsaturated/α-hetero) is 1. The molecule has 0 aromatic rings. The summed E-state index contributed by atoms with van der Waals surface area (Å²) in [6.45, 7) is 5.68. The van der Waals surface area contributed by atoms with Crippen molar-refractivity contribution in [3.63, 3.8) is 0 Å². The van der Waals surface area contributed by atoms with Gasteiger partial charge in [-0.1, -0.05) is 19.8 Å². The van der Waals surface area contributed by atoms with Crippen LogP contribution in [0.4, 0.5) is 0 Å². The highest BCUT2D eigenvalue weighted by Gasteiger charge is 2.09. The smallest absolute Gasteiger partial charge is 0.306 e. The van der Waals surface area contributed by atoms with Gasteiger partial charge < -0.3 is 4.74 Å². The molecule has 17 heavy (non-hydrogen) atoms. The van der Waals surface area contributed by atoms with Crippen molar-refractivity contribution >= 4 is 11.8 Å². The van der Waals surface area contributed by atoms with E-state index in [1.807, 2.05) is 11.9 Å². The summed E-state index contributed by atoms with van der Waals surface area (Å²) in [5, 5.41) is 0. The summed E-state index contributed by atoms with van der Waals surface area (Å²) in [5.41, 5.74) is 0. The summed E-state index contributed by atoms with van der Waals surface area (Å²) in [5.74, 6) is -0.175.